The zero-order chi connectivity index (χ0) is 34.7. The van der Waals surface area contributed by atoms with Crippen molar-refractivity contribution in [2.75, 3.05) is 0 Å². The fourth-order valence-corrected chi connectivity index (χ4v) is 6.76. The summed E-state index contributed by atoms with van der Waals surface area (Å²) in [6.07, 6.45) is 7.35. The number of hydrogen-bond donors (Lipinski definition) is 0. The van der Waals surface area contributed by atoms with E-state index in [1.807, 2.05) is 48.9 Å². The zero-order valence-corrected chi connectivity index (χ0v) is 28.3. The SMILES string of the molecule is c1ccc(-c2ccc3c(-c4ccccc4)nc(-c4cc(-c5ccc(-c6ccncc6)cc5)cc(-c5ccc(-c6cccnc6)cc5)c4)nc3c2)cc1. The Morgan fingerprint density at radius 2 is 0.788 bits per heavy atom. The van der Waals surface area contributed by atoms with Crippen molar-refractivity contribution in [1.82, 2.24) is 19.9 Å². The maximum atomic E-state index is 5.30. The Labute approximate surface area is 302 Å². The van der Waals surface area contributed by atoms with Crippen molar-refractivity contribution in [2.24, 2.45) is 0 Å². The van der Waals surface area contributed by atoms with Crippen LogP contribution >= 0.6 is 0 Å². The van der Waals surface area contributed by atoms with Crippen LogP contribution in [-0.4, -0.2) is 19.9 Å². The molecule has 0 N–H and O–H groups in total. The minimum absolute atomic E-state index is 0.681. The molecule has 4 nitrogen and oxygen atoms in total. The van der Waals surface area contributed by atoms with Crippen LogP contribution in [0, 0.1) is 0 Å². The minimum atomic E-state index is 0.681. The molecular weight excluding hydrogens is 633 g/mol. The number of pyridine rings is 2. The Balaban J connectivity index is 1.22. The Kier molecular flexibility index (Phi) is 8.16. The predicted molar refractivity (Wildman–Crippen MR) is 213 cm³/mol. The van der Waals surface area contributed by atoms with Crippen LogP contribution in [0.3, 0.4) is 0 Å². The summed E-state index contributed by atoms with van der Waals surface area (Å²) in [5.74, 6) is 0.681. The lowest BCUT2D eigenvalue weighted by atomic mass is 9.93. The van der Waals surface area contributed by atoms with Crippen LogP contribution in [0.15, 0.2) is 195 Å². The van der Waals surface area contributed by atoms with E-state index in [0.717, 1.165) is 83.4 Å². The maximum Gasteiger partial charge on any atom is 0.160 e. The number of nitrogens with zero attached hydrogens (tertiary/aromatic N) is 4. The van der Waals surface area contributed by atoms with Crippen molar-refractivity contribution in [3.63, 3.8) is 0 Å². The average molecular weight is 665 g/mol. The van der Waals surface area contributed by atoms with Gasteiger partial charge in [0, 0.05) is 41.3 Å². The lowest BCUT2D eigenvalue weighted by Gasteiger charge is -2.14. The van der Waals surface area contributed by atoms with Gasteiger partial charge < -0.3 is 0 Å². The molecule has 3 heterocycles. The van der Waals surface area contributed by atoms with Gasteiger partial charge in [0.15, 0.2) is 5.82 Å². The van der Waals surface area contributed by atoms with Crippen LogP contribution in [0.4, 0.5) is 0 Å². The zero-order valence-electron chi connectivity index (χ0n) is 28.3. The standard InChI is InChI=1S/C48H32N4/c1-3-8-33(9-4-1)40-21-22-45-46(31-40)51-48(52-47(45)39-10-5-2-6-11-39)44-29-42(36-17-13-34(14-18-36)38-23-26-49-27-24-38)28-43(30-44)37-19-15-35(16-20-37)41-12-7-25-50-32-41/h1-32H. The van der Waals surface area contributed by atoms with E-state index in [1.54, 1.807) is 6.20 Å². The van der Waals surface area contributed by atoms with E-state index >= 15 is 0 Å². The third-order valence-corrected chi connectivity index (χ3v) is 9.49. The highest BCUT2D eigenvalue weighted by molar-refractivity contribution is 5.96. The molecule has 4 heteroatoms. The van der Waals surface area contributed by atoms with Gasteiger partial charge in [-0.15, -0.1) is 0 Å². The molecule has 0 saturated heterocycles. The van der Waals surface area contributed by atoms with Gasteiger partial charge in [-0.25, -0.2) is 9.97 Å². The maximum absolute atomic E-state index is 5.30. The molecule has 0 aliphatic rings. The van der Waals surface area contributed by atoms with Crippen molar-refractivity contribution in [1.29, 1.82) is 0 Å². The van der Waals surface area contributed by atoms with E-state index in [4.69, 9.17) is 9.97 Å². The highest BCUT2D eigenvalue weighted by Crippen LogP contribution is 2.37. The average Bonchev–Trinajstić information content (AvgIpc) is 3.24. The third kappa shape index (κ3) is 6.26. The van der Waals surface area contributed by atoms with Crippen molar-refractivity contribution in [3.05, 3.63) is 195 Å². The molecule has 0 unspecified atom stereocenters. The van der Waals surface area contributed by atoms with E-state index < -0.39 is 0 Å². The number of benzene rings is 6. The van der Waals surface area contributed by atoms with Gasteiger partial charge in [-0.3, -0.25) is 9.97 Å². The summed E-state index contributed by atoms with van der Waals surface area (Å²) in [6, 6.07) is 59.6. The van der Waals surface area contributed by atoms with Crippen molar-refractivity contribution in [2.45, 2.75) is 0 Å². The van der Waals surface area contributed by atoms with E-state index in [9.17, 15) is 0 Å². The molecule has 3 aromatic heterocycles. The Bertz CT molecular complexity index is 2520. The first-order chi connectivity index (χ1) is 25.7. The summed E-state index contributed by atoms with van der Waals surface area (Å²) in [5.41, 5.74) is 15.0. The van der Waals surface area contributed by atoms with E-state index in [1.165, 1.54) is 0 Å². The summed E-state index contributed by atoms with van der Waals surface area (Å²) < 4.78 is 0. The van der Waals surface area contributed by atoms with Gasteiger partial charge in [-0.2, -0.15) is 0 Å². The molecular formula is C48H32N4. The Hall–Kier alpha value is -7.04. The molecule has 6 aromatic carbocycles. The number of fused-ring (bicyclic) bond motifs is 1. The van der Waals surface area contributed by atoms with Gasteiger partial charge >= 0.3 is 0 Å². The van der Waals surface area contributed by atoms with Crippen molar-refractivity contribution in [3.8, 4) is 78.3 Å². The summed E-state index contributed by atoms with van der Waals surface area (Å²) in [5, 5.41) is 1.02. The van der Waals surface area contributed by atoms with Gasteiger partial charge in [-0.1, -0.05) is 121 Å². The summed E-state index contributed by atoms with van der Waals surface area (Å²) >= 11 is 0. The van der Waals surface area contributed by atoms with Gasteiger partial charge in [0.2, 0.25) is 0 Å². The molecule has 0 fully saturated rings. The molecule has 0 spiro atoms. The molecule has 0 aliphatic heterocycles. The third-order valence-electron chi connectivity index (χ3n) is 9.49. The first kappa shape index (κ1) is 31.0. The molecule has 0 bridgehead atoms. The summed E-state index contributed by atoms with van der Waals surface area (Å²) in [6.45, 7) is 0. The van der Waals surface area contributed by atoms with Crippen LogP contribution in [0.2, 0.25) is 0 Å². The molecule has 0 aliphatic carbocycles. The number of hydrogen-bond acceptors (Lipinski definition) is 4. The summed E-state index contributed by atoms with van der Waals surface area (Å²) in [7, 11) is 0. The second kappa shape index (κ2) is 13.7. The van der Waals surface area contributed by atoms with E-state index in [2.05, 4.69) is 149 Å². The van der Waals surface area contributed by atoms with Crippen LogP contribution in [0.25, 0.3) is 89.2 Å². The quantitative estimate of drug-likeness (QED) is 0.170. The molecule has 52 heavy (non-hydrogen) atoms. The number of rotatable bonds is 7. The van der Waals surface area contributed by atoms with Crippen LogP contribution in [-0.2, 0) is 0 Å². The molecule has 9 aromatic rings. The second-order valence-electron chi connectivity index (χ2n) is 12.8. The normalized spacial score (nSPS) is 11.1. The molecule has 9 rings (SSSR count). The minimum Gasteiger partial charge on any atom is -0.265 e. The van der Waals surface area contributed by atoms with E-state index in [0.29, 0.717) is 5.82 Å². The van der Waals surface area contributed by atoms with Gasteiger partial charge in [-0.05, 0) is 104 Å². The van der Waals surface area contributed by atoms with Crippen LogP contribution < -0.4 is 0 Å². The molecule has 0 atom stereocenters. The van der Waals surface area contributed by atoms with Crippen molar-refractivity contribution < 1.29 is 0 Å². The first-order valence-corrected chi connectivity index (χ1v) is 17.3. The van der Waals surface area contributed by atoms with Gasteiger partial charge in [0.1, 0.15) is 0 Å². The topological polar surface area (TPSA) is 51.6 Å². The lowest BCUT2D eigenvalue weighted by molar-refractivity contribution is 1.23. The highest BCUT2D eigenvalue weighted by Gasteiger charge is 2.15. The molecule has 0 saturated carbocycles. The molecule has 0 radical (unpaired) electrons. The predicted octanol–water partition coefficient (Wildman–Crippen LogP) is 12.1. The first-order valence-electron chi connectivity index (χ1n) is 17.3. The fourth-order valence-electron chi connectivity index (χ4n) is 6.76. The van der Waals surface area contributed by atoms with Gasteiger partial charge in [0.05, 0.1) is 11.2 Å². The Morgan fingerprint density at radius 1 is 0.288 bits per heavy atom. The summed E-state index contributed by atoms with van der Waals surface area (Å²) in [4.78, 5) is 19.1. The second-order valence-corrected chi connectivity index (χ2v) is 12.8. The van der Waals surface area contributed by atoms with E-state index in [-0.39, 0.29) is 0 Å². The fraction of sp³-hybridized carbons (Fsp3) is 0. The monoisotopic (exact) mass is 664 g/mol. The number of aromatic nitrogens is 4. The smallest absolute Gasteiger partial charge is 0.160 e. The molecule has 244 valence electrons. The van der Waals surface area contributed by atoms with Crippen molar-refractivity contribution >= 4 is 10.9 Å². The Morgan fingerprint density at radius 3 is 1.40 bits per heavy atom. The largest absolute Gasteiger partial charge is 0.265 e. The highest BCUT2D eigenvalue weighted by atomic mass is 14.9. The van der Waals surface area contributed by atoms with Crippen LogP contribution in [0.5, 0.6) is 0 Å². The molecule has 0 amide bonds. The van der Waals surface area contributed by atoms with Gasteiger partial charge in [0.25, 0.3) is 0 Å². The van der Waals surface area contributed by atoms with Crippen LogP contribution in [0.1, 0.15) is 0 Å². The lowest BCUT2D eigenvalue weighted by Crippen LogP contribution is -1.97.